The first-order valence-corrected chi connectivity index (χ1v) is 8.77. The molecule has 5 nitrogen and oxygen atoms in total. The molecule has 1 aromatic carbocycles. The molecule has 2 amide bonds. The number of nitrogens with zero attached hydrogens (tertiary/aromatic N) is 2. The molecule has 1 heterocycles. The molecule has 1 aromatic rings. The van der Waals surface area contributed by atoms with Crippen molar-refractivity contribution in [1.29, 1.82) is 0 Å². The van der Waals surface area contributed by atoms with Gasteiger partial charge in [0.25, 0.3) is 0 Å². The van der Waals surface area contributed by atoms with Crippen LogP contribution in [0.3, 0.4) is 0 Å². The average Bonchev–Trinajstić information content (AvgIpc) is 2.59. The lowest BCUT2D eigenvalue weighted by Crippen LogP contribution is -2.46. The maximum atomic E-state index is 12.8. The zero-order valence-electron chi connectivity index (χ0n) is 14.9. The minimum atomic E-state index is -0.931. The fourth-order valence-electron chi connectivity index (χ4n) is 3.18. The predicted molar refractivity (Wildman–Crippen MR) is 93.9 cm³/mol. The van der Waals surface area contributed by atoms with Crippen LogP contribution in [0.25, 0.3) is 0 Å². The lowest BCUT2D eigenvalue weighted by Gasteiger charge is -2.33. The van der Waals surface area contributed by atoms with Crippen LogP contribution in [0.2, 0.25) is 0 Å². The van der Waals surface area contributed by atoms with E-state index < -0.39 is 6.09 Å². The van der Waals surface area contributed by atoms with E-state index in [4.69, 9.17) is 5.11 Å². The third-order valence-electron chi connectivity index (χ3n) is 4.75. The number of rotatable bonds is 5. The van der Waals surface area contributed by atoms with Gasteiger partial charge in [-0.1, -0.05) is 38.1 Å². The Morgan fingerprint density at radius 2 is 1.96 bits per heavy atom. The fraction of sp³-hybridized carbons (Fsp3) is 0.579. The van der Waals surface area contributed by atoms with Gasteiger partial charge < -0.3 is 14.9 Å². The zero-order chi connectivity index (χ0) is 17.7. The Kier molecular flexibility index (Phi) is 6.23. The topological polar surface area (TPSA) is 60.9 Å². The van der Waals surface area contributed by atoms with Crippen LogP contribution in [0.1, 0.15) is 50.7 Å². The van der Waals surface area contributed by atoms with Crippen LogP contribution < -0.4 is 0 Å². The summed E-state index contributed by atoms with van der Waals surface area (Å²) in [7, 11) is 0. The highest BCUT2D eigenvalue weighted by atomic mass is 16.4. The summed E-state index contributed by atoms with van der Waals surface area (Å²) in [5.74, 6) is 0.341. The number of hydrogen-bond donors (Lipinski definition) is 1. The van der Waals surface area contributed by atoms with Gasteiger partial charge in [0.2, 0.25) is 5.91 Å². The van der Waals surface area contributed by atoms with E-state index >= 15 is 0 Å². The second kappa shape index (κ2) is 8.18. The Hall–Kier alpha value is -2.04. The Morgan fingerprint density at radius 3 is 2.50 bits per heavy atom. The number of carboxylic acid groups (broad SMARTS) is 1. The third kappa shape index (κ3) is 4.49. The minimum absolute atomic E-state index is 0.0661. The van der Waals surface area contributed by atoms with Crippen molar-refractivity contribution < 1.29 is 14.7 Å². The van der Waals surface area contributed by atoms with Crippen molar-refractivity contribution in [3.05, 3.63) is 35.4 Å². The van der Waals surface area contributed by atoms with E-state index in [9.17, 15) is 9.59 Å². The first-order chi connectivity index (χ1) is 11.4. The van der Waals surface area contributed by atoms with Crippen LogP contribution in [0.5, 0.6) is 0 Å². The molecule has 2 rings (SSSR count). The highest BCUT2D eigenvalue weighted by Gasteiger charge is 2.30. The molecule has 0 unspecified atom stereocenters. The van der Waals surface area contributed by atoms with Crippen LogP contribution in [0.15, 0.2) is 24.3 Å². The van der Waals surface area contributed by atoms with Gasteiger partial charge in [-0.3, -0.25) is 4.79 Å². The van der Waals surface area contributed by atoms with Crippen molar-refractivity contribution in [2.75, 3.05) is 19.6 Å². The molecule has 0 spiro atoms. The Labute approximate surface area is 144 Å². The summed E-state index contributed by atoms with van der Waals surface area (Å²) in [6.45, 7) is 8.35. The summed E-state index contributed by atoms with van der Waals surface area (Å²) in [6, 6.07) is 8.39. The maximum absolute atomic E-state index is 12.8. The van der Waals surface area contributed by atoms with Gasteiger partial charge in [-0.15, -0.1) is 0 Å². The van der Waals surface area contributed by atoms with Gasteiger partial charge in [-0.25, -0.2) is 4.79 Å². The molecule has 1 N–H and O–H groups in total. The Morgan fingerprint density at radius 1 is 1.29 bits per heavy atom. The summed E-state index contributed by atoms with van der Waals surface area (Å²) in [5, 5.41) is 9.14. The van der Waals surface area contributed by atoms with Crippen molar-refractivity contribution >= 4 is 12.0 Å². The average molecular weight is 332 g/mol. The summed E-state index contributed by atoms with van der Waals surface area (Å²) in [6.07, 6.45) is 0.592. The summed E-state index contributed by atoms with van der Waals surface area (Å²) in [4.78, 5) is 27.1. The number of amides is 2. The molecule has 1 fully saturated rings. The number of benzene rings is 1. The zero-order valence-corrected chi connectivity index (χ0v) is 14.9. The fourth-order valence-corrected chi connectivity index (χ4v) is 3.18. The molecule has 5 heteroatoms. The van der Waals surface area contributed by atoms with E-state index in [0.29, 0.717) is 32.1 Å². The van der Waals surface area contributed by atoms with Crippen LogP contribution >= 0.6 is 0 Å². The van der Waals surface area contributed by atoms with Crippen molar-refractivity contribution in [3.8, 4) is 0 Å². The van der Waals surface area contributed by atoms with Gasteiger partial charge in [-0.05, 0) is 36.8 Å². The lowest BCUT2D eigenvalue weighted by molar-refractivity contribution is -0.137. The normalized spacial score (nSPS) is 17.8. The van der Waals surface area contributed by atoms with Crippen molar-refractivity contribution in [3.63, 3.8) is 0 Å². The lowest BCUT2D eigenvalue weighted by atomic mass is 9.96. The van der Waals surface area contributed by atoms with Crippen LogP contribution in [0.4, 0.5) is 4.79 Å². The SMILES string of the molecule is CCN(Cc1ccc(C(C)C)cc1)C(=O)[C@@H]1CCCN(C(=O)O)C1. The maximum Gasteiger partial charge on any atom is 0.407 e. The molecule has 1 aliphatic heterocycles. The minimum Gasteiger partial charge on any atom is -0.465 e. The van der Waals surface area contributed by atoms with Crippen LogP contribution in [-0.4, -0.2) is 46.5 Å². The van der Waals surface area contributed by atoms with Gasteiger partial charge in [0.1, 0.15) is 0 Å². The predicted octanol–water partition coefficient (Wildman–Crippen LogP) is 3.55. The van der Waals surface area contributed by atoms with E-state index in [0.717, 1.165) is 18.4 Å². The van der Waals surface area contributed by atoms with E-state index in [1.165, 1.54) is 10.5 Å². The molecule has 0 aliphatic carbocycles. The highest BCUT2D eigenvalue weighted by Crippen LogP contribution is 2.21. The van der Waals surface area contributed by atoms with E-state index in [-0.39, 0.29) is 11.8 Å². The van der Waals surface area contributed by atoms with Crippen LogP contribution in [0, 0.1) is 5.92 Å². The smallest absolute Gasteiger partial charge is 0.407 e. The third-order valence-corrected chi connectivity index (χ3v) is 4.75. The first-order valence-electron chi connectivity index (χ1n) is 8.77. The van der Waals surface area contributed by atoms with Crippen molar-refractivity contribution in [2.45, 2.75) is 46.1 Å². The number of likely N-dealkylation sites (tertiary alicyclic amines) is 1. The van der Waals surface area contributed by atoms with Gasteiger partial charge in [0, 0.05) is 26.2 Å². The molecular formula is C19H28N2O3. The van der Waals surface area contributed by atoms with Crippen molar-refractivity contribution in [2.24, 2.45) is 5.92 Å². The highest BCUT2D eigenvalue weighted by molar-refractivity contribution is 5.80. The summed E-state index contributed by atoms with van der Waals surface area (Å²) < 4.78 is 0. The number of piperidine rings is 1. The molecule has 132 valence electrons. The molecule has 1 aliphatic rings. The Balaban J connectivity index is 2.01. The second-order valence-electron chi connectivity index (χ2n) is 6.82. The second-order valence-corrected chi connectivity index (χ2v) is 6.82. The van der Waals surface area contributed by atoms with Gasteiger partial charge in [0.15, 0.2) is 0 Å². The van der Waals surface area contributed by atoms with Gasteiger partial charge >= 0.3 is 6.09 Å². The van der Waals surface area contributed by atoms with E-state index in [1.54, 1.807) is 0 Å². The molecule has 24 heavy (non-hydrogen) atoms. The van der Waals surface area contributed by atoms with E-state index in [2.05, 4.69) is 38.1 Å². The number of hydrogen-bond acceptors (Lipinski definition) is 2. The summed E-state index contributed by atoms with van der Waals surface area (Å²) >= 11 is 0. The molecule has 0 saturated carbocycles. The standard InChI is InChI=1S/C19H28N2O3/c1-4-20(12-15-7-9-16(10-8-15)14(2)3)18(22)17-6-5-11-21(13-17)19(23)24/h7-10,14,17H,4-6,11-13H2,1-3H3,(H,23,24)/t17-/m1/s1. The largest absolute Gasteiger partial charge is 0.465 e. The van der Waals surface area contributed by atoms with Gasteiger partial charge in [-0.2, -0.15) is 0 Å². The van der Waals surface area contributed by atoms with Crippen molar-refractivity contribution in [1.82, 2.24) is 9.80 Å². The molecule has 0 aromatic heterocycles. The molecule has 0 radical (unpaired) electrons. The quantitative estimate of drug-likeness (QED) is 0.897. The summed E-state index contributed by atoms with van der Waals surface area (Å²) in [5.41, 5.74) is 2.40. The Bertz CT molecular complexity index is 568. The molecule has 1 saturated heterocycles. The van der Waals surface area contributed by atoms with Crippen LogP contribution in [-0.2, 0) is 11.3 Å². The van der Waals surface area contributed by atoms with E-state index in [1.807, 2.05) is 11.8 Å². The monoisotopic (exact) mass is 332 g/mol. The molecule has 1 atom stereocenters. The number of carbonyl (C=O) groups excluding carboxylic acids is 1. The number of carbonyl (C=O) groups is 2. The molecule has 0 bridgehead atoms. The molecular weight excluding hydrogens is 304 g/mol. The van der Waals surface area contributed by atoms with Gasteiger partial charge in [0.05, 0.1) is 5.92 Å². The first kappa shape index (κ1) is 18.3.